The number of rotatable bonds is 5. The highest BCUT2D eigenvalue weighted by Gasteiger charge is 2.36. The third-order valence-electron chi connectivity index (χ3n) is 2.97. The third kappa shape index (κ3) is 4.46. The number of imide groups is 1. The maximum Gasteiger partial charge on any atom is 0.229 e. The number of nitrogens with zero attached hydrogens (tertiary/aromatic N) is 1. The first-order chi connectivity index (χ1) is 7.82. The van der Waals surface area contributed by atoms with Gasteiger partial charge >= 0.3 is 0 Å². The summed E-state index contributed by atoms with van der Waals surface area (Å²) in [7, 11) is 0. The molecule has 0 unspecified atom stereocenters. The molecule has 17 heavy (non-hydrogen) atoms. The molecule has 1 aliphatic rings. The van der Waals surface area contributed by atoms with Gasteiger partial charge in [0, 0.05) is 25.4 Å². The summed E-state index contributed by atoms with van der Waals surface area (Å²) in [5, 5.41) is 3.28. The van der Waals surface area contributed by atoms with Gasteiger partial charge in [-0.2, -0.15) is 0 Å². The monoisotopic (exact) mass is 240 g/mol. The standard InChI is InChI=1S/C13H24N2O2/c1-10(2)14-6-5-7-15-11(16)8-13(3,4)9-12(15)17/h10,14H,5-9H2,1-4H3. The molecule has 0 aromatic rings. The van der Waals surface area contributed by atoms with Crippen LogP contribution in [-0.4, -0.2) is 35.8 Å². The lowest BCUT2D eigenvalue weighted by Gasteiger charge is -2.34. The molecule has 4 nitrogen and oxygen atoms in total. The van der Waals surface area contributed by atoms with E-state index in [0.717, 1.165) is 13.0 Å². The second-order valence-corrected chi connectivity index (χ2v) is 5.92. The largest absolute Gasteiger partial charge is 0.314 e. The van der Waals surface area contributed by atoms with Gasteiger partial charge in [-0.3, -0.25) is 14.5 Å². The Morgan fingerprint density at radius 2 is 1.76 bits per heavy atom. The zero-order chi connectivity index (χ0) is 13.1. The molecule has 0 spiro atoms. The van der Waals surface area contributed by atoms with Crippen LogP contribution < -0.4 is 5.32 Å². The molecule has 0 radical (unpaired) electrons. The van der Waals surface area contributed by atoms with Gasteiger partial charge in [-0.15, -0.1) is 0 Å². The van der Waals surface area contributed by atoms with Crippen molar-refractivity contribution in [1.82, 2.24) is 10.2 Å². The topological polar surface area (TPSA) is 49.4 Å². The zero-order valence-electron chi connectivity index (χ0n) is 11.4. The Morgan fingerprint density at radius 3 is 2.24 bits per heavy atom. The number of likely N-dealkylation sites (tertiary alicyclic amines) is 1. The van der Waals surface area contributed by atoms with E-state index < -0.39 is 0 Å². The van der Waals surface area contributed by atoms with Crippen LogP contribution >= 0.6 is 0 Å². The second-order valence-electron chi connectivity index (χ2n) is 5.92. The fourth-order valence-electron chi connectivity index (χ4n) is 2.09. The van der Waals surface area contributed by atoms with Gasteiger partial charge in [-0.25, -0.2) is 0 Å². The molecule has 1 heterocycles. The first kappa shape index (κ1) is 14.2. The molecule has 0 aliphatic carbocycles. The fraction of sp³-hybridized carbons (Fsp3) is 0.846. The number of hydrogen-bond donors (Lipinski definition) is 1. The van der Waals surface area contributed by atoms with Crippen molar-refractivity contribution in [2.24, 2.45) is 5.41 Å². The molecule has 1 fully saturated rings. The summed E-state index contributed by atoms with van der Waals surface area (Å²) < 4.78 is 0. The van der Waals surface area contributed by atoms with Crippen molar-refractivity contribution in [2.75, 3.05) is 13.1 Å². The summed E-state index contributed by atoms with van der Waals surface area (Å²) in [6.07, 6.45) is 1.79. The van der Waals surface area contributed by atoms with Gasteiger partial charge in [0.15, 0.2) is 0 Å². The van der Waals surface area contributed by atoms with Crippen LogP contribution in [0.25, 0.3) is 0 Å². The highest BCUT2D eigenvalue weighted by Crippen LogP contribution is 2.31. The minimum absolute atomic E-state index is 0.0178. The molecule has 1 aliphatic heterocycles. The van der Waals surface area contributed by atoms with Crippen molar-refractivity contribution < 1.29 is 9.59 Å². The Morgan fingerprint density at radius 1 is 1.24 bits per heavy atom. The van der Waals surface area contributed by atoms with E-state index in [1.54, 1.807) is 0 Å². The fourth-order valence-corrected chi connectivity index (χ4v) is 2.09. The molecular weight excluding hydrogens is 216 g/mol. The first-order valence-corrected chi connectivity index (χ1v) is 6.38. The number of carbonyl (C=O) groups is 2. The van der Waals surface area contributed by atoms with E-state index in [1.165, 1.54) is 4.90 Å². The highest BCUT2D eigenvalue weighted by molar-refractivity contribution is 5.98. The molecule has 98 valence electrons. The molecule has 0 atom stereocenters. The van der Waals surface area contributed by atoms with Crippen LogP contribution in [0.2, 0.25) is 0 Å². The van der Waals surface area contributed by atoms with Gasteiger partial charge in [0.05, 0.1) is 0 Å². The van der Waals surface area contributed by atoms with E-state index in [1.807, 2.05) is 13.8 Å². The highest BCUT2D eigenvalue weighted by atomic mass is 16.2. The summed E-state index contributed by atoms with van der Waals surface area (Å²) in [5.74, 6) is -0.0356. The number of piperidine rings is 1. The molecule has 0 aromatic heterocycles. The Labute approximate surface area is 104 Å². The van der Waals surface area contributed by atoms with Gasteiger partial charge in [0.2, 0.25) is 11.8 Å². The molecule has 1 rings (SSSR count). The molecule has 0 aromatic carbocycles. The minimum atomic E-state index is -0.166. The van der Waals surface area contributed by atoms with Crippen molar-refractivity contribution in [3.05, 3.63) is 0 Å². The lowest BCUT2D eigenvalue weighted by atomic mass is 9.82. The predicted molar refractivity (Wildman–Crippen MR) is 67.5 cm³/mol. The third-order valence-corrected chi connectivity index (χ3v) is 2.97. The number of carbonyl (C=O) groups excluding carboxylic acids is 2. The average molecular weight is 240 g/mol. The van der Waals surface area contributed by atoms with Gasteiger partial charge < -0.3 is 5.32 Å². The van der Waals surface area contributed by atoms with E-state index in [-0.39, 0.29) is 17.2 Å². The van der Waals surface area contributed by atoms with Crippen LogP contribution in [0, 0.1) is 5.41 Å². The van der Waals surface area contributed by atoms with Crippen LogP contribution in [0.1, 0.15) is 47.0 Å². The van der Waals surface area contributed by atoms with Gasteiger partial charge in [0.25, 0.3) is 0 Å². The second kappa shape index (κ2) is 5.63. The average Bonchev–Trinajstić information content (AvgIpc) is 2.12. The Hall–Kier alpha value is -0.900. The Balaban J connectivity index is 2.39. The summed E-state index contributed by atoms with van der Waals surface area (Å²) in [6, 6.07) is 0.446. The Bertz CT molecular complexity index is 278. The van der Waals surface area contributed by atoms with Crippen molar-refractivity contribution in [1.29, 1.82) is 0 Å². The van der Waals surface area contributed by atoms with Gasteiger partial charge in [-0.05, 0) is 18.4 Å². The summed E-state index contributed by atoms with van der Waals surface area (Å²) in [5.41, 5.74) is -0.166. The molecule has 2 amide bonds. The van der Waals surface area contributed by atoms with E-state index in [4.69, 9.17) is 0 Å². The maximum absolute atomic E-state index is 11.8. The Kier molecular flexibility index (Phi) is 4.69. The van der Waals surface area contributed by atoms with Crippen LogP contribution in [0.4, 0.5) is 0 Å². The molecule has 4 heteroatoms. The predicted octanol–water partition coefficient (Wildman–Crippen LogP) is 1.55. The smallest absolute Gasteiger partial charge is 0.229 e. The van der Waals surface area contributed by atoms with E-state index in [2.05, 4.69) is 19.2 Å². The van der Waals surface area contributed by atoms with Gasteiger partial charge in [0.1, 0.15) is 0 Å². The zero-order valence-corrected chi connectivity index (χ0v) is 11.4. The van der Waals surface area contributed by atoms with E-state index in [0.29, 0.717) is 25.4 Å². The summed E-state index contributed by atoms with van der Waals surface area (Å²) >= 11 is 0. The van der Waals surface area contributed by atoms with Crippen LogP contribution in [0.15, 0.2) is 0 Å². The van der Waals surface area contributed by atoms with Gasteiger partial charge in [-0.1, -0.05) is 27.7 Å². The normalized spacial score (nSPS) is 20.2. The molecular formula is C13H24N2O2. The molecule has 0 bridgehead atoms. The number of amides is 2. The van der Waals surface area contributed by atoms with E-state index >= 15 is 0 Å². The van der Waals surface area contributed by atoms with Crippen LogP contribution in [0.5, 0.6) is 0 Å². The minimum Gasteiger partial charge on any atom is -0.314 e. The molecule has 1 saturated heterocycles. The SMILES string of the molecule is CC(C)NCCCN1C(=O)CC(C)(C)CC1=O. The number of nitrogens with one attached hydrogen (secondary N) is 1. The lowest BCUT2D eigenvalue weighted by molar-refractivity contribution is -0.152. The van der Waals surface area contributed by atoms with Crippen molar-refractivity contribution in [2.45, 2.75) is 53.0 Å². The lowest BCUT2D eigenvalue weighted by Crippen LogP contribution is -2.47. The van der Waals surface area contributed by atoms with Crippen molar-refractivity contribution in [3.8, 4) is 0 Å². The first-order valence-electron chi connectivity index (χ1n) is 6.38. The molecule has 1 N–H and O–H groups in total. The maximum atomic E-state index is 11.8. The summed E-state index contributed by atoms with van der Waals surface area (Å²) in [4.78, 5) is 25.1. The van der Waals surface area contributed by atoms with Crippen molar-refractivity contribution >= 4 is 11.8 Å². The quantitative estimate of drug-likeness (QED) is 0.586. The van der Waals surface area contributed by atoms with Crippen LogP contribution in [-0.2, 0) is 9.59 Å². The van der Waals surface area contributed by atoms with Crippen LogP contribution in [0.3, 0.4) is 0 Å². The van der Waals surface area contributed by atoms with E-state index in [9.17, 15) is 9.59 Å². The number of hydrogen-bond acceptors (Lipinski definition) is 3. The van der Waals surface area contributed by atoms with Crippen molar-refractivity contribution in [3.63, 3.8) is 0 Å². The summed E-state index contributed by atoms with van der Waals surface area (Å²) in [6.45, 7) is 9.51. The molecule has 0 saturated carbocycles.